The van der Waals surface area contributed by atoms with E-state index >= 15 is 0 Å². The normalized spacial score (nSPS) is 11.9. The van der Waals surface area contributed by atoms with Crippen molar-refractivity contribution < 1.29 is 9.47 Å². The summed E-state index contributed by atoms with van der Waals surface area (Å²) >= 11 is 0. The summed E-state index contributed by atoms with van der Waals surface area (Å²) in [5.74, 6) is 1.03. The van der Waals surface area contributed by atoms with Crippen LogP contribution in [0, 0.1) is 0 Å². The van der Waals surface area contributed by atoms with Crippen LogP contribution in [0.15, 0.2) is 30.7 Å². The lowest BCUT2D eigenvalue weighted by atomic mass is 10.1. The zero-order chi connectivity index (χ0) is 13.7. The molecule has 0 saturated carbocycles. The molecule has 19 heavy (non-hydrogen) atoms. The summed E-state index contributed by atoms with van der Waals surface area (Å²) in [6, 6.07) is 3.58. The van der Waals surface area contributed by atoms with Gasteiger partial charge in [-0.25, -0.2) is 9.97 Å². The van der Waals surface area contributed by atoms with Crippen LogP contribution in [0.4, 0.5) is 0 Å². The van der Waals surface area contributed by atoms with E-state index in [-0.39, 0.29) is 6.04 Å². The second-order valence-electron chi connectivity index (χ2n) is 3.77. The average molecular weight is 260 g/mol. The lowest BCUT2D eigenvalue weighted by molar-refractivity contribution is 0.375. The van der Waals surface area contributed by atoms with Crippen LogP contribution in [-0.2, 0) is 0 Å². The Bertz CT molecular complexity index is 500. The van der Waals surface area contributed by atoms with E-state index in [2.05, 4.69) is 20.3 Å². The molecule has 2 aromatic rings. The molecule has 0 aromatic carbocycles. The Morgan fingerprint density at radius 3 is 2.37 bits per heavy atom. The first-order valence-electron chi connectivity index (χ1n) is 5.82. The van der Waals surface area contributed by atoms with E-state index in [1.807, 2.05) is 19.2 Å². The standard InChI is InChI=1S/C13H16N4O2/c1-14-10(9-5-4-6-16-12(9)18-2)11-13(19-3)17-8-7-15-11/h4-8,10,14H,1-3H3. The molecule has 1 N–H and O–H groups in total. The molecule has 2 aromatic heterocycles. The fraction of sp³-hybridized carbons (Fsp3) is 0.308. The van der Waals surface area contributed by atoms with Crippen LogP contribution < -0.4 is 14.8 Å². The van der Waals surface area contributed by atoms with Crippen molar-refractivity contribution >= 4 is 0 Å². The van der Waals surface area contributed by atoms with Gasteiger partial charge in [-0.2, -0.15) is 0 Å². The lowest BCUT2D eigenvalue weighted by Crippen LogP contribution is -2.21. The van der Waals surface area contributed by atoms with Gasteiger partial charge < -0.3 is 14.8 Å². The summed E-state index contributed by atoms with van der Waals surface area (Å²) in [6.45, 7) is 0. The summed E-state index contributed by atoms with van der Waals surface area (Å²) in [5, 5.41) is 3.18. The molecule has 1 unspecified atom stereocenters. The first kappa shape index (κ1) is 13.2. The number of rotatable bonds is 5. The fourth-order valence-electron chi connectivity index (χ4n) is 1.92. The molecule has 0 aliphatic rings. The molecule has 2 rings (SSSR count). The van der Waals surface area contributed by atoms with Crippen molar-refractivity contribution in [3.05, 3.63) is 42.0 Å². The molecular formula is C13H16N4O2. The van der Waals surface area contributed by atoms with Crippen LogP contribution in [-0.4, -0.2) is 36.2 Å². The van der Waals surface area contributed by atoms with Gasteiger partial charge in [0.05, 0.1) is 20.3 Å². The molecule has 2 heterocycles. The van der Waals surface area contributed by atoms with Crippen LogP contribution in [0.3, 0.4) is 0 Å². The molecule has 0 bridgehead atoms. The first-order valence-corrected chi connectivity index (χ1v) is 5.82. The Balaban J connectivity index is 2.50. The first-order chi connectivity index (χ1) is 9.31. The largest absolute Gasteiger partial charge is 0.481 e. The molecule has 1 atom stereocenters. The van der Waals surface area contributed by atoms with Crippen molar-refractivity contribution in [1.29, 1.82) is 0 Å². The van der Waals surface area contributed by atoms with Crippen molar-refractivity contribution in [3.63, 3.8) is 0 Å². The van der Waals surface area contributed by atoms with Crippen molar-refractivity contribution in [2.45, 2.75) is 6.04 Å². The maximum atomic E-state index is 5.28. The van der Waals surface area contributed by atoms with Crippen molar-refractivity contribution in [3.8, 4) is 11.8 Å². The number of hydrogen-bond acceptors (Lipinski definition) is 6. The van der Waals surface area contributed by atoms with E-state index in [1.165, 1.54) is 0 Å². The zero-order valence-corrected chi connectivity index (χ0v) is 11.1. The molecular weight excluding hydrogens is 244 g/mol. The maximum absolute atomic E-state index is 5.28. The predicted octanol–water partition coefficient (Wildman–Crippen LogP) is 1.20. The van der Waals surface area contributed by atoms with Gasteiger partial charge in [-0.15, -0.1) is 0 Å². The Morgan fingerprint density at radius 2 is 1.68 bits per heavy atom. The minimum absolute atomic E-state index is 0.202. The second-order valence-corrected chi connectivity index (χ2v) is 3.77. The Morgan fingerprint density at radius 1 is 1.00 bits per heavy atom. The van der Waals surface area contributed by atoms with Gasteiger partial charge in [0.15, 0.2) is 0 Å². The van der Waals surface area contributed by atoms with Crippen LogP contribution >= 0.6 is 0 Å². The van der Waals surface area contributed by atoms with Gasteiger partial charge in [0, 0.05) is 24.2 Å². The second kappa shape index (κ2) is 6.10. The number of ether oxygens (including phenoxy) is 2. The maximum Gasteiger partial charge on any atom is 0.237 e. The molecule has 0 aliphatic heterocycles. The molecule has 0 spiro atoms. The lowest BCUT2D eigenvalue weighted by Gasteiger charge is -2.19. The molecule has 100 valence electrons. The van der Waals surface area contributed by atoms with Crippen LogP contribution in [0.2, 0.25) is 0 Å². The van der Waals surface area contributed by atoms with Crippen molar-refractivity contribution in [2.24, 2.45) is 0 Å². The molecule has 0 aliphatic carbocycles. The van der Waals surface area contributed by atoms with Gasteiger partial charge in [-0.3, -0.25) is 4.98 Å². The summed E-state index contributed by atoms with van der Waals surface area (Å²) < 4.78 is 10.5. The van der Waals surface area contributed by atoms with Crippen LogP contribution in [0.5, 0.6) is 11.8 Å². The molecule has 0 saturated heterocycles. The molecule has 6 nitrogen and oxygen atoms in total. The zero-order valence-electron chi connectivity index (χ0n) is 11.1. The highest BCUT2D eigenvalue weighted by Gasteiger charge is 2.22. The van der Waals surface area contributed by atoms with Gasteiger partial charge in [0.25, 0.3) is 0 Å². The van der Waals surface area contributed by atoms with Crippen LogP contribution in [0.25, 0.3) is 0 Å². The smallest absolute Gasteiger partial charge is 0.237 e. The van der Waals surface area contributed by atoms with Gasteiger partial charge in [0.1, 0.15) is 5.69 Å². The summed E-state index contributed by atoms with van der Waals surface area (Å²) in [6.07, 6.45) is 4.91. The number of methoxy groups -OCH3 is 2. The number of aromatic nitrogens is 3. The SMILES string of the molecule is CNC(c1cccnc1OC)c1nccnc1OC. The van der Waals surface area contributed by atoms with Gasteiger partial charge >= 0.3 is 0 Å². The number of nitrogens with one attached hydrogen (secondary N) is 1. The van der Waals surface area contributed by atoms with Gasteiger partial charge in [0.2, 0.25) is 11.8 Å². The molecule has 0 amide bonds. The summed E-state index contributed by atoms with van der Waals surface area (Å²) in [7, 11) is 5.00. The Labute approximate surface area is 111 Å². The summed E-state index contributed by atoms with van der Waals surface area (Å²) in [5.41, 5.74) is 1.57. The number of pyridine rings is 1. The third-order valence-electron chi connectivity index (χ3n) is 2.75. The van der Waals surface area contributed by atoms with E-state index < -0.39 is 0 Å². The molecule has 6 heteroatoms. The highest BCUT2D eigenvalue weighted by molar-refractivity contribution is 5.37. The average Bonchev–Trinajstić information content (AvgIpc) is 2.49. The quantitative estimate of drug-likeness (QED) is 0.871. The fourth-order valence-corrected chi connectivity index (χ4v) is 1.92. The topological polar surface area (TPSA) is 69.2 Å². The number of hydrogen-bond donors (Lipinski definition) is 1. The highest BCUT2D eigenvalue weighted by Crippen LogP contribution is 2.30. The Kier molecular flexibility index (Phi) is 4.25. The van der Waals surface area contributed by atoms with E-state index in [0.29, 0.717) is 17.5 Å². The van der Waals surface area contributed by atoms with E-state index in [4.69, 9.17) is 9.47 Å². The Hall–Kier alpha value is -2.21. The third kappa shape index (κ3) is 2.63. The predicted molar refractivity (Wildman–Crippen MR) is 70.3 cm³/mol. The van der Waals surface area contributed by atoms with Crippen molar-refractivity contribution in [2.75, 3.05) is 21.3 Å². The van der Waals surface area contributed by atoms with Crippen molar-refractivity contribution in [1.82, 2.24) is 20.3 Å². The highest BCUT2D eigenvalue weighted by atomic mass is 16.5. The molecule has 0 fully saturated rings. The van der Waals surface area contributed by atoms with Gasteiger partial charge in [-0.05, 0) is 13.1 Å². The minimum atomic E-state index is -0.202. The number of nitrogens with zero attached hydrogens (tertiary/aromatic N) is 3. The molecule has 0 radical (unpaired) electrons. The van der Waals surface area contributed by atoms with E-state index in [1.54, 1.807) is 32.8 Å². The summed E-state index contributed by atoms with van der Waals surface area (Å²) in [4.78, 5) is 12.7. The minimum Gasteiger partial charge on any atom is -0.481 e. The van der Waals surface area contributed by atoms with Crippen LogP contribution in [0.1, 0.15) is 17.3 Å². The monoisotopic (exact) mass is 260 g/mol. The third-order valence-corrected chi connectivity index (χ3v) is 2.75. The van der Waals surface area contributed by atoms with Gasteiger partial charge in [-0.1, -0.05) is 6.07 Å². The van der Waals surface area contributed by atoms with E-state index in [0.717, 1.165) is 5.56 Å². The van der Waals surface area contributed by atoms with E-state index in [9.17, 15) is 0 Å².